The summed E-state index contributed by atoms with van der Waals surface area (Å²) in [6.45, 7) is 2.57. The Hall–Kier alpha value is -2.45. The molecular weight excluding hydrogens is 366 g/mol. The van der Waals surface area contributed by atoms with Crippen molar-refractivity contribution in [3.05, 3.63) is 46.9 Å². The second-order valence-corrected chi connectivity index (χ2v) is 7.37. The van der Waals surface area contributed by atoms with Crippen LogP contribution in [0.1, 0.15) is 16.8 Å². The van der Waals surface area contributed by atoms with Gasteiger partial charge in [0.15, 0.2) is 0 Å². The van der Waals surface area contributed by atoms with Gasteiger partial charge in [0.1, 0.15) is 17.9 Å². The Kier molecular flexibility index (Phi) is 5.35. The molecule has 4 rings (SSSR count). The van der Waals surface area contributed by atoms with Gasteiger partial charge in [-0.15, -0.1) is 0 Å². The molecule has 0 aromatic carbocycles. The van der Waals surface area contributed by atoms with E-state index in [9.17, 15) is 9.59 Å². The lowest BCUT2D eigenvalue weighted by Crippen LogP contribution is -2.51. The summed E-state index contributed by atoms with van der Waals surface area (Å²) in [4.78, 5) is 33.6. The minimum atomic E-state index is -0.517. The lowest BCUT2D eigenvalue weighted by molar-refractivity contribution is -0.139. The maximum absolute atomic E-state index is 13.1. The van der Waals surface area contributed by atoms with Gasteiger partial charge in [0.05, 0.1) is 31.5 Å². The molecule has 0 N–H and O–H groups in total. The predicted molar refractivity (Wildman–Crippen MR) is 99.8 cm³/mol. The molecule has 7 nitrogen and oxygen atoms in total. The van der Waals surface area contributed by atoms with Crippen molar-refractivity contribution < 1.29 is 19.1 Å². The highest BCUT2D eigenvalue weighted by atomic mass is 32.1. The summed E-state index contributed by atoms with van der Waals surface area (Å²) in [6.07, 6.45) is 3.55. The van der Waals surface area contributed by atoms with E-state index in [1.807, 2.05) is 16.8 Å². The van der Waals surface area contributed by atoms with Gasteiger partial charge in [0.2, 0.25) is 5.91 Å². The molecule has 27 heavy (non-hydrogen) atoms. The molecule has 0 unspecified atom stereocenters. The Bertz CT molecular complexity index is 778. The van der Waals surface area contributed by atoms with Crippen LogP contribution in [0.25, 0.3) is 0 Å². The van der Waals surface area contributed by atoms with E-state index in [0.29, 0.717) is 50.6 Å². The molecular formula is C19H21N3O4S. The molecule has 2 aromatic heterocycles. The standard InChI is InChI=1S/C19H21N3O4S/c23-18(14-3-9-27-13-14)22-12-16(26-15-2-1-4-20-11-15)10-17(22)19(24)21-5-7-25-8-6-21/h1-4,9,11,13,16-17H,5-8,10,12H2/t16-,17-/m0/s1. The summed E-state index contributed by atoms with van der Waals surface area (Å²) in [5.74, 6) is 0.490. The van der Waals surface area contributed by atoms with Crippen LogP contribution in [0.15, 0.2) is 41.4 Å². The molecule has 2 atom stereocenters. The number of morpholine rings is 1. The van der Waals surface area contributed by atoms with Crippen molar-refractivity contribution in [3.63, 3.8) is 0 Å². The number of hydrogen-bond acceptors (Lipinski definition) is 6. The molecule has 142 valence electrons. The Morgan fingerprint density at radius 1 is 1.26 bits per heavy atom. The van der Waals surface area contributed by atoms with Crippen LogP contribution in [0.2, 0.25) is 0 Å². The fraction of sp³-hybridized carbons (Fsp3) is 0.421. The molecule has 0 bridgehead atoms. The van der Waals surface area contributed by atoms with Crippen LogP contribution in [0.4, 0.5) is 0 Å². The van der Waals surface area contributed by atoms with Crippen LogP contribution < -0.4 is 4.74 Å². The van der Waals surface area contributed by atoms with Gasteiger partial charge in [-0.2, -0.15) is 11.3 Å². The fourth-order valence-electron chi connectivity index (χ4n) is 3.50. The first-order chi connectivity index (χ1) is 13.2. The maximum atomic E-state index is 13.1. The van der Waals surface area contributed by atoms with Crippen LogP contribution in [-0.4, -0.2) is 71.6 Å². The van der Waals surface area contributed by atoms with Crippen molar-refractivity contribution in [2.75, 3.05) is 32.8 Å². The highest BCUT2D eigenvalue weighted by Gasteiger charge is 2.43. The first kappa shape index (κ1) is 17.9. The lowest BCUT2D eigenvalue weighted by Gasteiger charge is -2.32. The summed E-state index contributed by atoms with van der Waals surface area (Å²) < 4.78 is 11.3. The molecule has 0 saturated carbocycles. The van der Waals surface area contributed by atoms with Gasteiger partial charge < -0.3 is 19.3 Å². The van der Waals surface area contributed by atoms with Crippen LogP contribution in [0, 0.1) is 0 Å². The molecule has 0 radical (unpaired) electrons. The number of carbonyl (C=O) groups excluding carboxylic acids is 2. The molecule has 2 aromatic rings. The quantitative estimate of drug-likeness (QED) is 0.798. The zero-order valence-corrected chi connectivity index (χ0v) is 15.6. The molecule has 0 spiro atoms. The number of pyridine rings is 1. The van der Waals surface area contributed by atoms with Crippen molar-refractivity contribution in [3.8, 4) is 5.75 Å². The summed E-state index contributed by atoms with van der Waals surface area (Å²) >= 11 is 1.47. The molecule has 2 fully saturated rings. The van der Waals surface area contributed by atoms with Crippen LogP contribution >= 0.6 is 11.3 Å². The maximum Gasteiger partial charge on any atom is 0.255 e. The van der Waals surface area contributed by atoms with Crippen molar-refractivity contribution in [2.24, 2.45) is 0 Å². The largest absolute Gasteiger partial charge is 0.487 e. The van der Waals surface area contributed by atoms with Crippen LogP contribution in [0.3, 0.4) is 0 Å². The van der Waals surface area contributed by atoms with E-state index in [4.69, 9.17) is 9.47 Å². The number of carbonyl (C=O) groups is 2. The number of nitrogens with zero attached hydrogens (tertiary/aromatic N) is 3. The third-order valence-electron chi connectivity index (χ3n) is 4.84. The van der Waals surface area contributed by atoms with E-state index in [-0.39, 0.29) is 17.9 Å². The van der Waals surface area contributed by atoms with E-state index in [0.717, 1.165) is 0 Å². The molecule has 2 amide bonds. The zero-order chi connectivity index (χ0) is 18.6. The minimum Gasteiger partial charge on any atom is -0.487 e. The van der Waals surface area contributed by atoms with Crippen LogP contribution in [-0.2, 0) is 9.53 Å². The molecule has 0 aliphatic carbocycles. The smallest absolute Gasteiger partial charge is 0.255 e. The number of aromatic nitrogens is 1. The molecule has 2 saturated heterocycles. The molecule has 2 aliphatic rings. The average molecular weight is 387 g/mol. The molecule has 4 heterocycles. The van der Waals surface area contributed by atoms with E-state index < -0.39 is 6.04 Å². The lowest BCUT2D eigenvalue weighted by atomic mass is 10.1. The van der Waals surface area contributed by atoms with Gasteiger partial charge in [0, 0.05) is 31.1 Å². The topological polar surface area (TPSA) is 72.0 Å². The van der Waals surface area contributed by atoms with Crippen molar-refractivity contribution in [2.45, 2.75) is 18.6 Å². The number of likely N-dealkylation sites (tertiary alicyclic amines) is 1. The molecule has 8 heteroatoms. The Balaban J connectivity index is 1.53. The predicted octanol–water partition coefficient (Wildman–Crippen LogP) is 1.66. The van der Waals surface area contributed by atoms with Gasteiger partial charge in [-0.3, -0.25) is 14.6 Å². The number of rotatable bonds is 4. The first-order valence-electron chi connectivity index (χ1n) is 8.99. The number of ether oxygens (including phenoxy) is 2. The van der Waals surface area contributed by atoms with Crippen LogP contribution in [0.5, 0.6) is 5.75 Å². The highest BCUT2D eigenvalue weighted by Crippen LogP contribution is 2.26. The fourth-order valence-corrected chi connectivity index (χ4v) is 4.13. The van der Waals surface area contributed by atoms with Gasteiger partial charge >= 0.3 is 0 Å². The second kappa shape index (κ2) is 8.06. The zero-order valence-electron chi connectivity index (χ0n) is 14.8. The highest BCUT2D eigenvalue weighted by molar-refractivity contribution is 7.08. The minimum absolute atomic E-state index is 0.0285. The summed E-state index contributed by atoms with van der Waals surface area (Å²) in [5, 5.41) is 3.68. The van der Waals surface area contributed by atoms with E-state index in [1.54, 1.807) is 34.3 Å². The third kappa shape index (κ3) is 3.96. The third-order valence-corrected chi connectivity index (χ3v) is 5.52. The van der Waals surface area contributed by atoms with Gasteiger partial charge in [-0.1, -0.05) is 0 Å². The average Bonchev–Trinajstić information content (AvgIpc) is 3.39. The van der Waals surface area contributed by atoms with Gasteiger partial charge in [-0.25, -0.2) is 0 Å². The Morgan fingerprint density at radius 2 is 2.11 bits per heavy atom. The summed E-state index contributed by atoms with van der Waals surface area (Å²) in [7, 11) is 0. The normalized spacial score (nSPS) is 22.7. The summed E-state index contributed by atoms with van der Waals surface area (Å²) in [5.41, 5.74) is 0.613. The number of amides is 2. The van der Waals surface area contributed by atoms with Crippen molar-refractivity contribution >= 4 is 23.2 Å². The second-order valence-electron chi connectivity index (χ2n) is 6.59. The van der Waals surface area contributed by atoms with E-state index in [2.05, 4.69) is 4.98 Å². The summed E-state index contributed by atoms with van der Waals surface area (Å²) in [6, 6.07) is 4.90. The SMILES string of the molecule is O=C([C@@H]1C[C@H](Oc2cccnc2)CN1C(=O)c1ccsc1)N1CCOCC1. The van der Waals surface area contributed by atoms with Crippen molar-refractivity contribution in [1.82, 2.24) is 14.8 Å². The monoisotopic (exact) mass is 387 g/mol. The first-order valence-corrected chi connectivity index (χ1v) is 9.93. The number of thiophene rings is 1. The van der Waals surface area contributed by atoms with E-state index in [1.165, 1.54) is 11.3 Å². The Labute approximate surface area is 161 Å². The van der Waals surface area contributed by atoms with Crippen molar-refractivity contribution in [1.29, 1.82) is 0 Å². The van der Waals surface area contributed by atoms with Gasteiger partial charge in [-0.05, 0) is 23.6 Å². The van der Waals surface area contributed by atoms with E-state index >= 15 is 0 Å². The molecule has 2 aliphatic heterocycles. The van der Waals surface area contributed by atoms with Gasteiger partial charge in [0.25, 0.3) is 5.91 Å². The number of hydrogen-bond donors (Lipinski definition) is 0. The Morgan fingerprint density at radius 3 is 2.81 bits per heavy atom.